The van der Waals surface area contributed by atoms with Crippen LogP contribution >= 0.6 is 34.2 Å². The molecule has 0 bridgehead atoms. The van der Waals surface area contributed by atoms with Gasteiger partial charge < -0.3 is 4.74 Å². The Balaban J connectivity index is 1.56. The number of nitrogens with zero attached hydrogens (tertiary/aromatic N) is 1. The first-order valence-corrected chi connectivity index (χ1v) is 11.5. The molecule has 0 unspecified atom stereocenters. The van der Waals surface area contributed by atoms with Crippen LogP contribution in [0.1, 0.15) is 16.7 Å². The molecule has 0 aliphatic carbocycles. The Bertz CT molecular complexity index is 1340. The van der Waals surface area contributed by atoms with Crippen LogP contribution in [-0.4, -0.2) is 17.8 Å². The van der Waals surface area contributed by atoms with Crippen molar-refractivity contribution in [1.29, 1.82) is 0 Å². The summed E-state index contributed by atoms with van der Waals surface area (Å²) in [6.07, 6.45) is 1.42. The lowest BCUT2D eigenvalue weighted by atomic mass is 10.1. The number of carbonyl (C=O) groups excluding carboxylic acids is 3. The van der Waals surface area contributed by atoms with E-state index in [0.717, 1.165) is 19.6 Å². The van der Waals surface area contributed by atoms with Gasteiger partial charge in [0.25, 0.3) is 11.8 Å². The number of nitrogens with one attached hydrogen (secondary N) is 1. The van der Waals surface area contributed by atoms with Gasteiger partial charge in [-0.3, -0.25) is 14.9 Å². The molecule has 0 spiro atoms. The molecule has 3 aromatic carbocycles. The summed E-state index contributed by atoms with van der Waals surface area (Å²) in [5.41, 5.74) is 2.25. The largest absolute Gasteiger partial charge is 0.488 e. The fraction of sp³-hybridized carbons (Fsp3) is 0.0800. The monoisotopic (exact) mass is 590 g/mol. The van der Waals surface area contributed by atoms with Gasteiger partial charge in [0.15, 0.2) is 0 Å². The number of aryl methyl sites for hydroxylation is 1. The number of amides is 4. The van der Waals surface area contributed by atoms with Gasteiger partial charge in [-0.15, -0.1) is 0 Å². The van der Waals surface area contributed by atoms with Gasteiger partial charge in [-0.2, -0.15) is 0 Å². The third-order valence-corrected chi connectivity index (χ3v) is 6.34. The molecule has 1 aliphatic rings. The molecule has 1 heterocycles. The molecule has 34 heavy (non-hydrogen) atoms. The second kappa shape index (κ2) is 9.94. The molecule has 3 aromatic rings. The summed E-state index contributed by atoms with van der Waals surface area (Å²) in [5.74, 6) is -1.25. The summed E-state index contributed by atoms with van der Waals surface area (Å²) >= 11 is 8.23. The van der Waals surface area contributed by atoms with Crippen molar-refractivity contribution in [2.75, 3.05) is 4.90 Å². The zero-order chi connectivity index (χ0) is 24.4. The number of benzene rings is 3. The first-order chi connectivity index (χ1) is 16.2. The topological polar surface area (TPSA) is 75.7 Å². The van der Waals surface area contributed by atoms with Crippen molar-refractivity contribution < 1.29 is 23.5 Å². The number of imide groups is 2. The molecule has 0 atom stereocenters. The molecule has 4 amide bonds. The third-order valence-electron chi connectivity index (χ3n) is 5.09. The molecule has 4 rings (SSSR count). The SMILES string of the molecule is Cc1ccc(N2C(=O)NC(=O)/C(=C/c3ccc(OCc4ccc(F)cc4)c(I)c3)C2=O)cc1Cl. The van der Waals surface area contributed by atoms with E-state index in [-0.39, 0.29) is 23.7 Å². The molecule has 9 heteroatoms. The van der Waals surface area contributed by atoms with Crippen LogP contribution in [0, 0.1) is 16.3 Å². The lowest BCUT2D eigenvalue weighted by Gasteiger charge is -2.26. The predicted octanol–water partition coefficient (Wildman–Crippen LogP) is 5.64. The Morgan fingerprint density at radius 2 is 1.79 bits per heavy atom. The van der Waals surface area contributed by atoms with Crippen molar-refractivity contribution in [2.45, 2.75) is 13.5 Å². The van der Waals surface area contributed by atoms with Crippen LogP contribution in [0.15, 0.2) is 66.2 Å². The number of barbiturate groups is 1. The van der Waals surface area contributed by atoms with Crippen LogP contribution in [-0.2, 0) is 16.2 Å². The maximum Gasteiger partial charge on any atom is 0.335 e. The minimum atomic E-state index is -0.841. The van der Waals surface area contributed by atoms with Gasteiger partial charge in [0.1, 0.15) is 23.7 Å². The van der Waals surface area contributed by atoms with Crippen LogP contribution in [0.2, 0.25) is 5.02 Å². The van der Waals surface area contributed by atoms with E-state index in [1.165, 1.54) is 24.3 Å². The van der Waals surface area contributed by atoms with Gasteiger partial charge in [0, 0.05) is 5.02 Å². The minimum Gasteiger partial charge on any atom is -0.488 e. The molecule has 0 radical (unpaired) electrons. The van der Waals surface area contributed by atoms with E-state index in [1.54, 1.807) is 49.4 Å². The number of ether oxygens (including phenoxy) is 1. The fourth-order valence-corrected chi connectivity index (χ4v) is 4.11. The molecule has 1 fully saturated rings. The number of hydrogen-bond donors (Lipinski definition) is 1. The van der Waals surface area contributed by atoms with E-state index in [2.05, 4.69) is 27.9 Å². The zero-order valence-electron chi connectivity index (χ0n) is 17.8. The standard InChI is InChI=1S/C25H17ClFIN2O4/c1-14-2-8-18(12-20(14)26)30-24(32)19(23(31)29-25(30)33)10-16-5-9-22(21(28)11-16)34-13-15-3-6-17(27)7-4-15/h2-12H,13H2,1H3,(H,29,31,33)/b19-10-. The summed E-state index contributed by atoms with van der Waals surface area (Å²) in [5, 5.41) is 2.59. The summed E-state index contributed by atoms with van der Waals surface area (Å²) in [4.78, 5) is 38.7. The summed E-state index contributed by atoms with van der Waals surface area (Å²) < 4.78 is 19.6. The number of rotatable bonds is 5. The maximum absolute atomic E-state index is 13.1. The predicted molar refractivity (Wildman–Crippen MR) is 135 cm³/mol. The van der Waals surface area contributed by atoms with Gasteiger partial charge in [-0.05, 0) is 88.7 Å². The third kappa shape index (κ3) is 5.13. The Labute approximate surface area is 213 Å². The lowest BCUT2D eigenvalue weighted by molar-refractivity contribution is -0.122. The van der Waals surface area contributed by atoms with Crippen molar-refractivity contribution >= 4 is 63.8 Å². The molecule has 1 N–H and O–H groups in total. The van der Waals surface area contributed by atoms with Crippen molar-refractivity contribution in [3.63, 3.8) is 0 Å². The van der Waals surface area contributed by atoms with Gasteiger partial charge >= 0.3 is 6.03 Å². The Morgan fingerprint density at radius 1 is 1.06 bits per heavy atom. The molecular weight excluding hydrogens is 574 g/mol. The lowest BCUT2D eigenvalue weighted by Crippen LogP contribution is -2.54. The summed E-state index contributed by atoms with van der Waals surface area (Å²) in [7, 11) is 0. The van der Waals surface area contributed by atoms with Crippen LogP contribution < -0.4 is 15.0 Å². The molecule has 6 nitrogen and oxygen atoms in total. The van der Waals surface area contributed by atoms with Crippen molar-refractivity contribution in [2.24, 2.45) is 0 Å². The first kappa shape index (κ1) is 23.9. The first-order valence-electron chi connectivity index (χ1n) is 10.1. The fourth-order valence-electron chi connectivity index (χ4n) is 3.25. The smallest absolute Gasteiger partial charge is 0.335 e. The van der Waals surface area contributed by atoms with Crippen LogP contribution in [0.3, 0.4) is 0 Å². The van der Waals surface area contributed by atoms with E-state index < -0.39 is 17.8 Å². The molecule has 1 aliphatic heterocycles. The van der Waals surface area contributed by atoms with E-state index in [0.29, 0.717) is 16.3 Å². The van der Waals surface area contributed by atoms with Crippen molar-refractivity contribution in [3.05, 3.63) is 97.3 Å². The highest BCUT2D eigenvalue weighted by Crippen LogP contribution is 2.28. The normalized spacial score (nSPS) is 15.0. The molecule has 0 saturated carbocycles. The van der Waals surface area contributed by atoms with Crippen molar-refractivity contribution in [1.82, 2.24) is 5.32 Å². The second-order valence-corrected chi connectivity index (χ2v) is 9.07. The highest BCUT2D eigenvalue weighted by molar-refractivity contribution is 14.1. The second-order valence-electron chi connectivity index (χ2n) is 7.50. The van der Waals surface area contributed by atoms with E-state index in [9.17, 15) is 18.8 Å². The van der Waals surface area contributed by atoms with Gasteiger partial charge in [-0.1, -0.05) is 35.9 Å². The molecule has 1 saturated heterocycles. The van der Waals surface area contributed by atoms with E-state index in [4.69, 9.17) is 16.3 Å². The number of carbonyl (C=O) groups is 3. The van der Waals surface area contributed by atoms with Crippen LogP contribution in [0.4, 0.5) is 14.9 Å². The average Bonchev–Trinajstić information content (AvgIpc) is 2.79. The number of anilines is 1. The highest BCUT2D eigenvalue weighted by atomic mass is 127. The summed E-state index contributed by atoms with van der Waals surface area (Å²) in [6.45, 7) is 2.06. The minimum absolute atomic E-state index is 0.188. The highest BCUT2D eigenvalue weighted by Gasteiger charge is 2.37. The Kier molecular flexibility index (Phi) is 6.99. The molecular formula is C25H17ClFIN2O4. The number of urea groups is 1. The average molecular weight is 591 g/mol. The van der Waals surface area contributed by atoms with Gasteiger partial charge in [0.05, 0.1) is 9.26 Å². The number of halogens is 3. The Hall–Kier alpha value is -3.24. The quantitative estimate of drug-likeness (QED) is 0.237. The molecule has 172 valence electrons. The Morgan fingerprint density at radius 3 is 2.47 bits per heavy atom. The van der Waals surface area contributed by atoms with Crippen molar-refractivity contribution in [3.8, 4) is 5.75 Å². The van der Waals surface area contributed by atoms with Crippen LogP contribution in [0.5, 0.6) is 5.75 Å². The van der Waals surface area contributed by atoms with E-state index in [1.807, 2.05) is 0 Å². The number of hydrogen-bond acceptors (Lipinski definition) is 4. The van der Waals surface area contributed by atoms with E-state index >= 15 is 0 Å². The maximum atomic E-state index is 13.1. The summed E-state index contributed by atoms with van der Waals surface area (Å²) in [6, 6.07) is 15.1. The van der Waals surface area contributed by atoms with Gasteiger partial charge in [0.2, 0.25) is 0 Å². The molecule has 0 aromatic heterocycles. The van der Waals surface area contributed by atoms with Gasteiger partial charge in [-0.25, -0.2) is 14.1 Å². The van der Waals surface area contributed by atoms with Crippen LogP contribution in [0.25, 0.3) is 6.08 Å². The zero-order valence-corrected chi connectivity index (χ0v) is 20.7.